The average Bonchev–Trinajstić information content (AvgIpc) is 2.53. The molecular formula is C17H29N3O2. The first-order valence-corrected chi connectivity index (χ1v) is 8.07. The molecule has 0 saturated heterocycles. The number of nitrogens with one attached hydrogen (secondary N) is 2. The van der Waals surface area contributed by atoms with Crippen LogP contribution in [0.5, 0.6) is 5.75 Å². The Kier molecular flexibility index (Phi) is 9.87. The van der Waals surface area contributed by atoms with Crippen LogP contribution in [0.4, 0.5) is 0 Å². The third kappa shape index (κ3) is 8.52. The van der Waals surface area contributed by atoms with E-state index in [4.69, 9.17) is 9.47 Å². The summed E-state index contributed by atoms with van der Waals surface area (Å²) in [5.41, 5.74) is 0. The molecular weight excluding hydrogens is 278 g/mol. The molecule has 0 heterocycles. The van der Waals surface area contributed by atoms with Gasteiger partial charge in [-0.3, -0.25) is 0 Å². The molecule has 1 aromatic rings. The van der Waals surface area contributed by atoms with Crippen molar-refractivity contribution in [1.82, 2.24) is 10.6 Å². The zero-order chi connectivity index (χ0) is 16.0. The Morgan fingerprint density at radius 2 is 1.95 bits per heavy atom. The van der Waals surface area contributed by atoms with Gasteiger partial charge in [-0.1, -0.05) is 18.2 Å². The number of guanidine groups is 1. The van der Waals surface area contributed by atoms with Crippen LogP contribution in [0.25, 0.3) is 0 Å². The lowest BCUT2D eigenvalue weighted by Crippen LogP contribution is -2.38. The molecule has 0 amide bonds. The van der Waals surface area contributed by atoms with E-state index in [-0.39, 0.29) is 6.10 Å². The molecule has 124 valence electrons. The molecule has 0 radical (unpaired) electrons. The van der Waals surface area contributed by atoms with E-state index in [1.54, 1.807) is 0 Å². The predicted octanol–water partition coefficient (Wildman–Crippen LogP) is 2.44. The predicted molar refractivity (Wildman–Crippen MR) is 91.6 cm³/mol. The summed E-state index contributed by atoms with van der Waals surface area (Å²) in [6.45, 7) is 9.92. The minimum atomic E-state index is 0.0290. The van der Waals surface area contributed by atoms with Crippen molar-refractivity contribution in [2.45, 2.75) is 33.3 Å². The van der Waals surface area contributed by atoms with Crippen LogP contribution in [0.3, 0.4) is 0 Å². The highest BCUT2D eigenvalue weighted by molar-refractivity contribution is 5.79. The van der Waals surface area contributed by atoms with Crippen LogP contribution in [0.15, 0.2) is 35.3 Å². The average molecular weight is 307 g/mol. The highest BCUT2D eigenvalue weighted by atomic mass is 16.5. The monoisotopic (exact) mass is 307 g/mol. The second-order valence-corrected chi connectivity index (χ2v) is 4.94. The van der Waals surface area contributed by atoms with Crippen molar-refractivity contribution < 1.29 is 9.47 Å². The summed E-state index contributed by atoms with van der Waals surface area (Å²) in [7, 11) is 0. The number of nitrogens with zero attached hydrogens (tertiary/aromatic N) is 1. The molecule has 0 fully saturated rings. The third-order valence-electron chi connectivity index (χ3n) is 2.89. The molecule has 0 saturated carbocycles. The van der Waals surface area contributed by atoms with Crippen LogP contribution in [-0.2, 0) is 4.74 Å². The fourth-order valence-electron chi connectivity index (χ4n) is 1.86. The smallest absolute Gasteiger partial charge is 0.191 e. The summed E-state index contributed by atoms with van der Waals surface area (Å²) in [5.74, 6) is 1.70. The minimum Gasteiger partial charge on any atom is -0.489 e. The van der Waals surface area contributed by atoms with Gasteiger partial charge < -0.3 is 20.1 Å². The summed E-state index contributed by atoms with van der Waals surface area (Å²) in [4.78, 5) is 4.56. The molecule has 0 aliphatic rings. The Hall–Kier alpha value is -1.75. The van der Waals surface area contributed by atoms with Gasteiger partial charge in [0.25, 0.3) is 0 Å². The minimum absolute atomic E-state index is 0.0290. The number of aliphatic imine (C=N–C) groups is 1. The maximum Gasteiger partial charge on any atom is 0.191 e. The maximum atomic E-state index is 5.82. The first-order chi connectivity index (χ1) is 10.8. The molecule has 0 bridgehead atoms. The molecule has 5 heteroatoms. The SMILES string of the molecule is CCNC(=NCC(C)Oc1ccccc1)NCCCOCC. The van der Waals surface area contributed by atoms with Gasteiger partial charge in [0.1, 0.15) is 11.9 Å². The van der Waals surface area contributed by atoms with Crippen molar-refractivity contribution in [2.24, 2.45) is 4.99 Å². The Labute approximate surface area is 134 Å². The number of rotatable bonds is 10. The molecule has 22 heavy (non-hydrogen) atoms. The van der Waals surface area contributed by atoms with E-state index < -0.39 is 0 Å². The van der Waals surface area contributed by atoms with Crippen molar-refractivity contribution in [3.05, 3.63) is 30.3 Å². The van der Waals surface area contributed by atoms with Crippen molar-refractivity contribution in [2.75, 3.05) is 32.8 Å². The topological polar surface area (TPSA) is 54.9 Å². The Balaban J connectivity index is 2.33. The van der Waals surface area contributed by atoms with Gasteiger partial charge in [0.2, 0.25) is 0 Å². The van der Waals surface area contributed by atoms with Gasteiger partial charge in [0.15, 0.2) is 5.96 Å². The zero-order valence-corrected chi connectivity index (χ0v) is 14.0. The van der Waals surface area contributed by atoms with Gasteiger partial charge >= 0.3 is 0 Å². The number of hydrogen-bond donors (Lipinski definition) is 2. The van der Waals surface area contributed by atoms with Gasteiger partial charge in [-0.2, -0.15) is 0 Å². The molecule has 5 nitrogen and oxygen atoms in total. The van der Waals surface area contributed by atoms with E-state index in [2.05, 4.69) is 22.5 Å². The fourth-order valence-corrected chi connectivity index (χ4v) is 1.86. The van der Waals surface area contributed by atoms with Crippen LogP contribution >= 0.6 is 0 Å². The largest absolute Gasteiger partial charge is 0.489 e. The second kappa shape index (κ2) is 11.9. The van der Waals surface area contributed by atoms with Gasteiger partial charge in [-0.25, -0.2) is 4.99 Å². The third-order valence-corrected chi connectivity index (χ3v) is 2.89. The molecule has 0 spiro atoms. The summed E-state index contributed by atoms with van der Waals surface area (Å²) in [5, 5.41) is 6.54. The summed E-state index contributed by atoms with van der Waals surface area (Å²) < 4.78 is 11.1. The number of ether oxygens (including phenoxy) is 2. The Morgan fingerprint density at radius 3 is 2.64 bits per heavy atom. The number of benzene rings is 1. The maximum absolute atomic E-state index is 5.82. The molecule has 0 aromatic heterocycles. The van der Waals surface area contributed by atoms with E-state index in [1.807, 2.05) is 44.2 Å². The first kappa shape index (κ1) is 18.3. The molecule has 2 N–H and O–H groups in total. The quantitative estimate of drug-likeness (QED) is 0.396. The molecule has 1 aromatic carbocycles. The Bertz CT molecular complexity index is 410. The number of para-hydroxylation sites is 1. The summed E-state index contributed by atoms with van der Waals surface area (Å²) in [6.07, 6.45) is 0.996. The van der Waals surface area contributed by atoms with Crippen molar-refractivity contribution in [3.63, 3.8) is 0 Å². The summed E-state index contributed by atoms with van der Waals surface area (Å²) >= 11 is 0. The second-order valence-electron chi connectivity index (χ2n) is 4.94. The lowest BCUT2D eigenvalue weighted by Gasteiger charge is -2.15. The molecule has 1 rings (SSSR count). The van der Waals surface area contributed by atoms with Crippen molar-refractivity contribution in [3.8, 4) is 5.75 Å². The van der Waals surface area contributed by atoms with Crippen LogP contribution in [0.2, 0.25) is 0 Å². The fraction of sp³-hybridized carbons (Fsp3) is 0.588. The van der Waals surface area contributed by atoms with Gasteiger partial charge in [-0.15, -0.1) is 0 Å². The van der Waals surface area contributed by atoms with E-state index in [0.717, 1.165) is 44.4 Å². The van der Waals surface area contributed by atoms with Crippen molar-refractivity contribution >= 4 is 5.96 Å². The first-order valence-electron chi connectivity index (χ1n) is 8.07. The highest BCUT2D eigenvalue weighted by Gasteiger charge is 2.04. The lowest BCUT2D eigenvalue weighted by molar-refractivity contribution is 0.145. The lowest BCUT2D eigenvalue weighted by atomic mass is 10.3. The van der Waals surface area contributed by atoms with Crippen LogP contribution in [-0.4, -0.2) is 44.9 Å². The molecule has 1 atom stereocenters. The highest BCUT2D eigenvalue weighted by Crippen LogP contribution is 2.10. The van der Waals surface area contributed by atoms with Crippen LogP contribution in [0.1, 0.15) is 27.2 Å². The molecule has 0 aliphatic heterocycles. The normalized spacial score (nSPS) is 12.8. The van der Waals surface area contributed by atoms with E-state index in [1.165, 1.54) is 0 Å². The zero-order valence-electron chi connectivity index (χ0n) is 14.0. The Morgan fingerprint density at radius 1 is 1.18 bits per heavy atom. The van der Waals surface area contributed by atoms with Crippen molar-refractivity contribution in [1.29, 1.82) is 0 Å². The van der Waals surface area contributed by atoms with Gasteiger partial charge in [0.05, 0.1) is 6.54 Å². The van der Waals surface area contributed by atoms with E-state index in [9.17, 15) is 0 Å². The van der Waals surface area contributed by atoms with E-state index >= 15 is 0 Å². The van der Waals surface area contributed by atoms with Crippen LogP contribution < -0.4 is 15.4 Å². The molecule has 0 aliphatic carbocycles. The summed E-state index contributed by atoms with van der Waals surface area (Å²) in [6, 6.07) is 9.82. The van der Waals surface area contributed by atoms with Gasteiger partial charge in [-0.05, 0) is 39.3 Å². The molecule has 1 unspecified atom stereocenters. The van der Waals surface area contributed by atoms with E-state index in [0.29, 0.717) is 6.54 Å². The number of hydrogen-bond acceptors (Lipinski definition) is 3. The van der Waals surface area contributed by atoms with Crippen LogP contribution in [0, 0.1) is 0 Å². The standard InChI is InChI=1S/C17H29N3O2/c1-4-18-17(19-12-9-13-21-5-2)20-14-15(3)22-16-10-7-6-8-11-16/h6-8,10-11,15H,4-5,9,12-14H2,1-3H3,(H2,18,19,20). The van der Waals surface area contributed by atoms with Gasteiger partial charge in [0, 0.05) is 26.3 Å².